The SMILES string of the molecule is O=C(CN1CCC(COc2ccncc2Cl)CC1)NC1CCCC1. The van der Waals surface area contributed by atoms with Crippen molar-refractivity contribution < 1.29 is 9.53 Å². The highest BCUT2D eigenvalue weighted by Gasteiger charge is 2.23. The summed E-state index contributed by atoms with van der Waals surface area (Å²) in [5.41, 5.74) is 0. The van der Waals surface area contributed by atoms with Crippen molar-refractivity contribution in [1.82, 2.24) is 15.2 Å². The third-order valence-electron chi connectivity index (χ3n) is 5.00. The van der Waals surface area contributed by atoms with Gasteiger partial charge in [-0.2, -0.15) is 0 Å². The van der Waals surface area contributed by atoms with Gasteiger partial charge in [0.1, 0.15) is 10.8 Å². The summed E-state index contributed by atoms with van der Waals surface area (Å²) >= 11 is 6.05. The van der Waals surface area contributed by atoms with E-state index < -0.39 is 0 Å². The maximum absolute atomic E-state index is 12.1. The minimum atomic E-state index is 0.181. The first-order valence-electron chi connectivity index (χ1n) is 8.95. The van der Waals surface area contributed by atoms with Gasteiger partial charge in [-0.1, -0.05) is 24.4 Å². The first kappa shape index (κ1) is 17.5. The lowest BCUT2D eigenvalue weighted by Crippen LogP contribution is -2.44. The minimum absolute atomic E-state index is 0.181. The number of nitrogens with zero attached hydrogens (tertiary/aromatic N) is 2. The third-order valence-corrected chi connectivity index (χ3v) is 5.29. The molecule has 1 saturated heterocycles. The Morgan fingerprint density at radius 1 is 1.29 bits per heavy atom. The van der Waals surface area contributed by atoms with Crippen molar-refractivity contribution in [2.24, 2.45) is 5.92 Å². The molecule has 2 fully saturated rings. The summed E-state index contributed by atoms with van der Waals surface area (Å²) in [5.74, 6) is 1.40. The topological polar surface area (TPSA) is 54.5 Å². The number of carbonyl (C=O) groups excluding carboxylic acids is 1. The molecule has 1 amide bonds. The predicted octanol–water partition coefficient (Wildman–Crippen LogP) is 2.88. The molecule has 2 aliphatic rings. The van der Waals surface area contributed by atoms with Crippen LogP contribution >= 0.6 is 11.6 Å². The average molecular weight is 352 g/mol. The fourth-order valence-corrected chi connectivity index (χ4v) is 3.72. The fraction of sp³-hybridized carbons (Fsp3) is 0.667. The zero-order valence-electron chi connectivity index (χ0n) is 14.0. The second-order valence-electron chi connectivity index (χ2n) is 6.89. The monoisotopic (exact) mass is 351 g/mol. The molecule has 6 heteroatoms. The van der Waals surface area contributed by atoms with Gasteiger partial charge in [0.05, 0.1) is 13.2 Å². The Morgan fingerprint density at radius 2 is 2.04 bits per heavy atom. The maximum Gasteiger partial charge on any atom is 0.234 e. The summed E-state index contributed by atoms with van der Waals surface area (Å²) in [5, 5.41) is 3.72. The molecule has 0 radical (unpaired) electrons. The van der Waals surface area contributed by atoms with Crippen LogP contribution in [0.5, 0.6) is 5.75 Å². The molecule has 24 heavy (non-hydrogen) atoms. The Morgan fingerprint density at radius 3 is 2.75 bits per heavy atom. The molecule has 3 rings (SSSR count). The normalized spacial score (nSPS) is 20.2. The molecule has 0 spiro atoms. The number of amides is 1. The van der Waals surface area contributed by atoms with Gasteiger partial charge in [-0.15, -0.1) is 0 Å². The van der Waals surface area contributed by atoms with Crippen molar-refractivity contribution in [2.75, 3.05) is 26.2 Å². The standard InChI is InChI=1S/C18H26ClN3O2/c19-16-11-20-8-5-17(16)24-13-14-6-9-22(10-7-14)12-18(23)21-15-3-1-2-4-15/h5,8,11,14-15H,1-4,6-7,9-10,12-13H2,(H,21,23). The first-order valence-corrected chi connectivity index (χ1v) is 9.32. The van der Waals surface area contributed by atoms with Crippen LogP contribution in [0.3, 0.4) is 0 Å². The minimum Gasteiger partial charge on any atom is -0.492 e. The van der Waals surface area contributed by atoms with Crippen LogP contribution in [-0.2, 0) is 4.79 Å². The van der Waals surface area contributed by atoms with Crippen LogP contribution in [0.25, 0.3) is 0 Å². The molecule has 1 aromatic rings. The van der Waals surface area contributed by atoms with E-state index in [1.165, 1.54) is 12.8 Å². The van der Waals surface area contributed by atoms with Crippen LogP contribution < -0.4 is 10.1 Å². The van der Waals surface area contributed by atoms with Crippen LogP contribution in [0.2, 0.25) is 5.02 Å². The van der Waals surface area contributed by atoms with Gasteiger partial charge in [0.25, 0.3) is 0 Å². The summed E-state index contributed by atoms with van der Waals surface area (Å²) in [7, 11) is 0. The fourth-order valence-electron chi connectivity index (χ4n) is 3.54. The summed E-state index contributed by atoms with van der Waals surface area (Å²) in [6.07, 6.45) is 10.2. The third kappa shape index (κ3) is 5.08. The molecule has 0 unspecified atom stereocenters. The second kappa shape index (κ2) is 8.67. The Balaban J connectivity index is 1.35. The van der Waals surface area contributed by atoms with E-state index in [0.717, 1.165) is 38.8 Å². The largest absolute Gasteiger partial charge is 0.492 e. The van der Waals surface area contributed by atoms with Gasteiger partial charge < -0.3 is 10.1 Å². The zero-order chi connectivity index (χ0) is 16.8. The molecule has 1 aromatic heterocycles. The second-order valence-corrected chi connectivity index (χ2v) is 7.29. The van der Waals surface area contributed by atoms with Crippen molar-refractivity contribution in [2.45, 2.75) is 44.6 Å². The van der Waals surface area contributed by atoms with Gasteiger partial charge in [-0.25, -0.2) is 0 Å². The molecule has 1 aliphatic carbocycles. The highest BCUT2D eigenvalue weighted by molar-refractivity contribution is 6.31. The summed E-state index contributed by atoms with van der Waals surface area (Å²) in [6, 6.07) is 2.21. The highest BCUT2D eigenvalue weighted by Crippen LogP contribution is 2.24. The van der Waals surface area contributed by atoms with E-state index in [1.54, 1.807) is 18.5 Å². The quantitative estimate of drug-likeness (QED) is 0.856. The Kier molecular flexibility index (Phi) is 6.32. The number of pyridine rings is 1. The number of ether oxygens (including phenoxy) is 1. The van der Waals surface area contributed by atoms with Crippen LogP contribution in [-0.4, -0.2) is 48.1 Å². The highest BCUT2D eigenvalue weighted by atomic mass is 35.5. The molecule has 5 nitrogen and oxygen atoms in total. The van der Waals surface area contributed by atoms with Gasteiger partial charge in [0.15, 0.2) is 0 Å². The average Bonchev–Trinajstić information content (AvgIpc) is 3.08. The maximum atomic E-state index is 12.1. The lowest BCUT2D eigenvalue weighted by atomic mass is 9.98. The zero-order valence-corrected chi connectivity index (χ0v) is 14.8. The van der Waals surface area contributed by atoms with Crippen LogP contribution in [0.1, 0.15) is 38.5 Å². The number of aromatic nitrogens is 1. The molecule has 1 N–H and O–H groups in total. The molecule has 2 heterocycles. The number of nitrogens with one attached hydrogen (secondary N) is 1. The first-order chi connectivity index (χ1) is 11.7. The number of piperidine rings is 1. The van der Waals surface area contributed by atoms with Crippen molar-refractivity contribution in [1.29, 1.82) is 0 Å². The predicted molar refractivity (Wildman–Crippen MR) is 94.3 cm³/mol. The number of hydrogen-bond acceptors (Lipinski definition) is 4. The summed E-state index contributed by atoms with van der Waals surface area (Å²) in [6.45, 7) is 3.11. The number of rotatable bonds is 6. The van der Waals surface area contributed by atoms with Gasteiger partial charge >= 0.3 is 0 Å². The van der Waals surface area contributed by atoms with E-state index in [0.29, 0.717) is 35.9 Å². The number of carbonyl (C=O) groups is 1. The van der Waals surface area contributed by atoms with E-state index in [9.17, 15) is 4.79 Å². The smallest absolute Gasteiger partial charge is 0.234 e. The molecule has 0 bridgehead atoms. The van der Waals surface area contributed by atoms with Crippen LogP contribution in [0, 0.1) is 5.92 Å². The molecule has 132 valence electrons. The molecular weight excluding hydrogens is 326 g/mol. The molecule has 1 saturated carbocycles. The van der Waals surface area contributed by atoms with Gasteiger partial charge in [-0.05, 0) is 44.7 Å². The summed E-state index contributed by atoms with van der Waals surface area (Å²) in [4.78, 5) is 18.3. The van der Waals surface area contributed by atoms with E-state index >= 15 is 0 Å². The molecule has 0 atom stereocenters. The van der Waals surface area contributed by atoms with Crippen molar-refractivity contribution in [3.8, 4) is 5.75 Å². The number of likely N-dealkylation sites (tertiary alicyclic amines) is 1. The van der Waals surface area contributed by atoms with E-state index in [4.69, 9.17) is 16.3 Å². The lowest BCUT2D eigenvalue weighted by molar-refractivity contribution is -0.123. The number of hydrogen-bond donors (Lipinski definition) is 1. The Hall–Kier alpha value is -1.33. The molecule has 1 aliphatic heterocycles. The van der Waals surface area contributed by atoms with E-state index in [-0.39, 0.29) is 5.91 Å². The number of halogens is 1. The summed E-state index contributed by atoms with van der Waals surface area (Å²) < 4.78 is 5.81. The van der Waals surface area contributed by atoms with Gasteiger partial charge in [0.2, 0.25) is 5.91 Å². The van der Waals surface area contributed by atoms with Crippen LogP contribution in [0.15, 0.2) is 18.5 Å². The molecular formula is C18H26ClN3O2. The van der Waals surface area contributed by atoms with E-state index in [1.807, 2.05) is 0 Å². The van der Waals surface area contributed by atoms with E-state index in [2.05, 4.69) is 15.2 Å². The van der Waals surface area contributed by atoms with Crippen molar-refractivity contribution >= 4 is 17.5 Å². The van der Waals surface area contributed by atoms with Crippen LogP contribution in [0.4, 0.5) is 0 Å². The van der Waals surface area contributed by atoms with Gasteiger partial charge in [-0.3, -0.25) is 14.7 Å². The van der Waals surface area contributed by atoms with Crippen molar-refractivity contribution in [3.63, 3.8) is 0 Å². The molecule has 0 aromatic carbocycles. The van der Waals surface area contributed by atoms with Crippen molar-refractivity contribution in [3.05, 3.63) is 23.5 Å². The lowest BCUT2D eigenvalue weighted by Gasteiger charge is -2.31. The Labute approximate surface area is 148 Å². The Bertz CT molecular complexity index is 541. The van der Waals surface area contributed by atoms with Gasteiger partial charge in [0, 0.05) is 24.5 Å².